The molecule has 8 heteroatoms. The summed E-state index contributed by atoms with van der Waals surface area (Å²) in [5.41, 5.74) is 1.61. The zero-order valence-electron chi connectivity index (χ0n) is 19.5. The van der Waals surface area contributed by atoms with Crippen LogP contribution in [0, 0.1) is 5.92 Å². The van der Waals surface area contributed by atoms with E-state index in [0.717, 1.165) is 32.1 Å². The third kappa shape index (κ3) is 6.65. The van der Waals surface area contributed by atoms with Gasteiger partial charge >= 0.3 is 0 Å². The van der Waals surface area contributed by atoms with Crippen molar-refractivity contribution in [3.8, 4) is 0 Å². The minimum Gasteiger partial charge on any atom is -0.326 e. The highest BCUT2D eigenvalue weighted by Gasteiger charge is 2.29. The molecule has 3 rings (SSSR count). The summed E-state index contributed by atoms with van der Waals surface area (Å²) in [6.45, 7) is 3.96. The summed E-state index contributed by atoms with van der Waals surface area (Å²) in [6, 6.07) is 12.9. The fourth-order valence-electron chi connectivity index (χ4n) is 4.01. The highest BCUT2D eigenvalue weighted by Crippen LogP contribution is 2.26. The molecule has 1 fully saturated rings. The Hall–Kier alpha value is -2.71. The Labute approximate surface area is 196 Å². The average molecular weight is 472 g/mol. The molecule has 33 heavy (non-hydrogen) atoms. The van der Waals surface area contributed by atoms with Crippen LogP contribution in [0.25, 0.3) is 0 Å². The smallest absolute Gasteiger partial charge is 0.255 e. The Morgan fingerprint density at radius 2 is 1.45 bits per heavy atom. The number of amides is 2. The summed E-state index contributed by atoms with van der Waals surface area (Å²) in [4.78, 5) is 24.7. The van der Waals surface area contributed by atoms with Crippen LogP contribution in [0.4, 0.5) is 11.4 Å². The van der Waals surface area contributed by atoms with Crippen LogP contribution < -0.4 is 10.6 Å². The topological polar surface area (TPSA) is 95.6 Å². The van der Waals surface area contributed by atoms with Gasteiger partial charge in [0.2, 0.25) is 15.9 Å². The van der Waals surface area contributed by atoms with Gasteiger partial charge in [0.25, 0.3) is 5.91 Å². The molecule has 7 nitrogen and oxygen atoms in total. The Balaban J connectivity index is 1.61. The molecule has 178 valence electrons. The predicted octanol–water partition coefficient (Wildman–Crippen LogP) is 4.88. The molecular formula is C25H33N3O4S. The average Bonchev–Trinajstić information content (AvgIpc) is 2.80. The Kier molecular flexibility index (Phi) is 8.26. The summed E-state index contributed by atoms with van der Waals surface area (Å²) < 4.78 is 27.4. The molecule has 2 aromatic rings. The summed E-state index contributed by atoms with van der Waals surface area (Å²) in [5, 5.41) is 5.62. The van der Waals surface area contributed by atoms with Crippen molar-refractivity contribution in [1.29, 1.82) is 0 Å². The van der Waals surface area contributed by atoms with E-state index in [9.17, 15) is 18.0 Å². The number of carbonyl (C=O) groups excluding carboxylic acids is 2. The molecule has 0 unspecified atom stereocenters. The largest absolute Gasteiger partial charge is 0.326 e. The van der Waals surface area contributed by atoms with E-state index < -0.39 is 10.0 Å². The molecule has 1 aliphatic rings. The van der Waals surface area contributed by atoms with Gasteiger partial charge in [-0.1, -0.05) is 33.1 Å². The first-order valence-corrected chi connectivity index (χ1v) is 12.9. The maximum absolute atomic E-state index is 13.0. The third-order valence-corrected chi connectivity index (χ3v) is 7.83. The molecule has 2 N–H and O–H groups in total. The summed E-state index contributed by atoms with van der Waals surface area (Å²) in [6.07, 6.45) is 5.47. The minimum absolute atomic E-state index is 0.0323. The van der Waals surface area contributed by atoms with Crippen LogP contribution in [0.1, 0.15) is 62.7 Å². The number of nitrogens with one attached hydrogen (secondary N) is 2. The van der Waals surface area contributed by atoms with Crippen LogP contribution in [0.15, 0.2) is 53.4 Å². The van der Waals surface area contributed by atoms with Crippen molar-refractivity contribution >= 4 is 33.2 Å². The molecule has 0 heterocycles. The lowest BCUT2D eigenvalue weighted by Gasteiger charge is -2.30. The lowest BCUT2D eigenvalue weighted by atomic mass is 9.96. The zero-order valence-corrected chi connectivity index (χ0v) is 20.3. The Bertz CT molecular complexity index is 1060. The SMILES string of the molecule is CC(C)CC(=O)Nc1ccc(NC(=O)c2ccc(S(=O)(=O)N(C)C3CCCCC3)cc2)cc1. The third-order valence-electron chi connectivity index (χ3n) is 5.90. The second-order valence-corrected chi connectivity index (χ2v) is 11.0. The van der Waals surface area contributed by atoms with Gasteiger partial charge in [-0.05, 0) is 67.3 Å². The summed E-state index contributed by atoms with van der Waals surface area (Å²) in [5.74, 6) is -0.111. The van der Waals surface area contributed by atoms with Crippen molar-refractivity contribution in [2.45, 2.75) is 63.3 Å². The summed E-state index contributed by atoms with van der Waals surface area (Å²) >= 11 is 0. The van der Waals surface area contributed by atoms with E-state index in [-0.39, 0.29) is 28.7 Å². The number of hydrogen-bond donors (Lipinski definition) is 2. The first-order chi connectivity index (χ1) is 15.7. The monoisotopic (exact) mass is 471 g/mol. The molecule has 0 atom stereocenters. The quantitative estimate of drug-likeness (QED) is 0.574. The Morgan fingerprint density at radius 3 is 2.00 bits per heavy atom. The van der Waals surface area contributed by atoms with Crippen molar-refractivity contribution < 1.29 is 18.0 Å². The molecule has 0 spiro atoms. The Morgan fingerprint density at radius 1 is 0.909 bits per heavy atom. The molecule has 1 aliphatic carbocycles. The fraction of sp³-hybridized carbons (Fsp3) is 0.440. The van der Waals surface area contributed by atoms with Gasteiger partial charge in [-0.2, -0.15) is 4.31 Å². The molecule has 2 amide bonds. The number of hydrogen-bond acceptors (Lipinski definition) is 4. The van der Waals surface area contributed by atoms with E-state index >= 15 is 0 Å². The van der Waals surface area contributed by atoms with Gasteiger partial charge in [-0.25, -0.2) is 8.42 Å². The second-order valence-electron chi connectivity index (χ2n) is 9.02. The van der Waals surface area contributed by atoms with Crippen molar-refractivity contribution in [3.05, 3.63) is 54.1 Å². The highest BCUT2D eigenvalue weighted by atomic mass is 32.2. The summed E-state index contributed by atoms with van der Waals surface area (Å²) in [7, 11) is -1.96. The lowest BCUT2D eigenvalue weighted by molar-refractivity contribution is -0.116. The molecule has 1 saturated carbocycles. The van der Waals surface area contributed by atoms with Crippen LogP contribution in [0.2, 0.25) is 0 Å². The van der Waals surface area contributed by atoms with Gasteiger partial charge < -0.3 is 10.6 Å². The zero-order chi connectivity index (χ0) is 24.0. The number of carbonyl (C=O) groups is 2. The molecule has 0 aliphatic heterocycles. The van der Waals surface area contributed by atoms with Gasteiger partial charge in [0.1, 0.15) is 0 Å². The molecular weight excluding hydrogens is 438 g/mol. The van der Waals surface area contributed by atoms with Crippen LogP contribution >= 0.6 is 0 Å². The fourth-order valence-corrected chi connectivity index (χ4v) is 5.42. The van der Waals surface area contributed by atoms with E-state index in [4.69, 9.17) is 0 Å². The van der Waals surface area contributed by atoms with Gasteiger partial charge in [0, 0.05) is 36.4 Å². The molecule has 0 saturated heterocycles. The van der Waals surface area contributed by atoms with Gasteiger partial charge in [-0.3, -0.25) is 9.59 Å². The number of anilines is 2. The first-order valence-electron chi connectivity index (χ1n) is 11.5. The lowest BCUT2D eigenvalue weighted by Crippen LogP contribution is -2.38. The van der Waals surface area contributed by atoms with Crippen molar-refractivity contribution in [3.63, 3.8) is 0 Å². The first kappa shape index (κ1) is 24.9. The van der Waals surface area contributed by atoms with Gasteiger partial charge in [0.05, 0.1) is 4.90 Å². The van der Waals surface area contributed by atoms with Gasteiger partial charge in [-0.15, -0.1) is 0 Å². The maximum atomic E-state index is 13.0. The number of rotatable bonds is 8. The van der Waals surface area contributed by atoms with Crippen LogP contribution in [-0.2, 0) is 14.8 Å². The second kappa shape index (κ2) is 10.9. The van der Waals surface area contributed by atoms with Crippen molar-refractivity contribution in [2.24, 2.45) is 5.92 Å². The van der Waals surface area contributed by atoms with Crippen molar-refractivity contribution in [1.82, 2.24) is 4.31 Å². The maximum Gasteiger partial charge on any atom is 0.255 e. The van der Waals surface area contributed by atoms with E-state index in [2.05, 4.69) is 10.6 Å². The molecule has 0 aromatic heterocycles. The normalized spacial score (nSPS) is 14.9. The van der Waals surface area contributed by atoms with Crippen LogP contribution in [-0.4, -0.2) is 37.6 Å². The van der Waals surface area contributed by atoms with Gasteiger partial charge in [0.15, 0.2) is 0 Å². The predicted molar refractivity (Wildman–Crippen MR) is 131 cm³/mol. The minimum atomic E-state index is -3.60. The van der Waals surface area contributed by atoms with E-state index in [1.54, 1.807) is 31.3 Å². The van der Waals surface area contributed by atoms with E-state index in [1.165, 1.54) is 28.6 Å². The number of nitrogens with zero attached hydrogens (tertiary/aromatic N) is 1. The number of sulfonamides is 1. The van der Waals surface area contributed by atoms with E-state index in [1.807, 2.05) is 13.8 Å². The molecule has 2 aromatic carbocycles. The van der Waals surface area contributed by atoms with Crippen LogP contribution in [0.5, 0.6) is 0 Å². The van der Waals surface area contributed by atoms with E-state index in [0.29, 0.717) is 23.4 Å². The number of benzene rings is 2. The molecule has 0 radical (unpaired) electrons. The molecule has 0 bridgehead atoms. The van der Waals surface area contributed by atoms with Crippen molar-refractivity contribution in [2.75, 3.05) is 17.7 Å². The van der Waals surface area contributed by atoms with Crippen LogP contribution in [0.3, 0.4) is 0 Å². The highest BCUT2D eigenvalue weighted by molar-refractivity contribution is 7.89. The standard InChI is InChI=1S/C25H33N3O4S/c1-18(2)17-24(29)26-20-11-13-21(14-12-20)27-25(30)19-9-15-23(16-10-19)33(31,32)28(3)22-7-5-4-6-8-22/h9-16,18,22H,4-8,17H2,1-3H3,(H,26,29)(H,27,30).